The van der Waals surface area contributed by atoms with Crippen molar-refractivity contribution >= 4 is 21.7 Å². The second-order valence-electron chi connectivity index (χ2n) is 6.10. The molecule has 0 fully saturated rings. The monoisotopic (exact) mass is 385 g/mol. The molecule has 2 aromatic rings. The van der Waals surface area contributed by atoms with Crippen LogP contribution in [0.3, 0.4) is 0 Å². The zero-order valence-corrected chi connectivity index (χ0v) is 16.1. The van der Waals surface area contributed by atoms with Gasteiger partial charge < -0.3 is 4.74 Å². The fourth-order valence-electron chi connectivity index (χ4n) is 2.45. The normalized spacial score (nSPS) is 10.8. The Balaban J connectivity index is 1.98. The summed E-state index contributed by atoms with van der Waals surface area (Å²) >= 11 is 0. The Morgan fingerprint density at radius 3 is 2.56 bits per heavy atom. The summed E-state index contributed by atoms with van der Waals surface area (Å²) in [6.07, 6.45) is 6.85. The summed E-state index contributed by atoms with van der Waals surface area (Å²) in [5.74, 6) is 2.08. The summed E-state index contributed by atoms with van der Waals surface area (Å²) in [5, 5.41) is 0. The topological polar surface area (TPSA) is 72.5 Å². The number of para-hydroxylation sites is 1. The summed E-state index contributed by atoms with van der Waals surface area (Å²) in [6, 6.07) is 13.9. The van der Waals surface area contributed by atoms with Gasteiger partial charge in [-0.2, -0.15) is 0 Å². The molecule has 0 spiro atoms. The van der Waals surface area contributed by atoms with Crippen LogP contribution in [-0.2, 0) is 26.0 Å². The highest BCUT2D eigenvalue weighted by molar-refractivity contribution is 7.92. The Morgan fingerprint density at radius 2 is 1.85 bits per heavy atom. The number of carbonyl (C=O) groups is 1. The van der Waals surface area contributed by atoms with E-state index in [0.717, 1.165) is 11.1 Å². The van der Waals surface area contributed by atoms with Gasteiger partial charge in [0.25, 0.3) is 10.0 Å². The summed E-state index contributed by atoms with van der Waals surface area (Å²) in [4.78, 5) is 11.7. The van der Waals surface area contributed by atoms with Crippen molar-refractivity contribution in [3.63, 3.8) is 0 Å². The first-order chi connectivity index (χ1) is 12.9. The number of aryl methyl sites for hydroxylation is 2. The number of sulfonamides is 1. The number of benzene rings is 2. The number of ether oxygens (including phenoxy) is 1. The zero-order chi connectivity index (χ0) is 19.7. The molecule has 0 aliphatic heterocycles. The van der Waals surface area contributed by atoms with E-state index in [-0.39, 0.29) is 23.9 Å². The first kappa shape index (κ1) is 20.5. The van der Waals surface area contributed by atoms with Crippen molar-refractivity contribution in [1.29, 1.82) is 0 Å². The third-order valence-corrected chi connectivity index (χ3v) is 5.30. The van der Waals surface area contributed by atoms with Crippen molar-refractivity contribution in [2.75, 3.05) is 11.3 Å². The number of nitrogens with one attached hydrogen (secondary N) is 1. The van der Waals surface area contributed by atoms with E-state index in [1.165, 1.54) is 0 Å². The standard InChI is InChI=1S/C21H23NO4S/c1-3-4-11-21(23)26-16-7-9-18-8-5-6-10-20(18)22-27(24,25)19-14-12-17(2)13-15-19/h1,5-6,8,10,12-15,22H,4,7,9,11,16H2,2H3. The number of hydrogen-bond donors (Lipinski definition) is 1. The van der Waals surface area contributed by atoms with Gasteiger partial charge in [0, 0.05) is 6.42 Å². The average Bonchev–Trinajstić information content (AvgIpc) is 2.65. The van der Waals surface area contributed by atoms with Crippen LogP contribution in [0, 0.1) is 19.3 Å². The third-order valence-electron chi connectivity index (χ3n) is 3.92. The molecule has 0 unspecified atom stereocenters. The van der Waals surface area contributed by atoms with Crippen LogP contribution < -0.4 is 4.72 Å². The van der Waals surface area contributed by atoms with Crippen LogP contribution >= 0.6 is 0 Å². The molecule has 0 saturated heterocycles. The molecule has 0 saturated carbocycles. The average molecular weight is 385 g/mol. The predicted molar refractivity (Wildman–Crippen MR) is 106 cm³/mol. The minimum atomic E-state index is -3.66. The maximum absolute atomic E-state index is 12.6. The van der Waals surface area contributed by atoms with E-state index in [0.29, 0.717) is 24.9 Å². The number of anilines is 1. The summed E-state index contributed by atoms with van der Waals surface area (Å²) in [5.41, 5.74) is 2.36. The number of rotatable bonds is 9. The number of esters is 1. The first-order valence-corrected chi connectivity index (χ1v) is 10.2. The number of hydrogen-bond acceptors (Lipinski definition) is 4. The summed E-state index contributed by atoms with van der Waals surface area (Å²) in [7, 11) is -3.66. The maximum Gasteiger partial charge on any atom is 0.306 e. The van der Waals surface area contributed by atoms with Crippen LogP contribution in [0.15, 0.2) is 53.4 Å². The Kier molecular flexibility index (Phi) is 7.44. The molecule has 5 nitrogen and oxygen atoms in total. The molecule has 142 valence electrons. The van der Waals surface area contributed by atoms with E-state index >= 15 is 0 Å². The molecular weight excluding hydrogens is 362 g/mol. The smallest absolute Gasteiger partial charge is 0.306 e. The van der Waals surface area contributed by atoms with Gasteiger partial charge in [-0.15, -0.1) is 12.3 Å². The lowest BCUT2D eigenvalue weighted by Gasteiger charge is -2.13. The largest absolute Gasteiger partial charge is 0.466 e. The Labute approximate surface area is 160 Å². The minimum Gasteiger partial charge on any atom is -0.466 e. The van der Waals surface area contributed by atoms with Crippen LogP contribution in [0.25, 0.3) is 0 Å². The summed E-state index contributed by atoms with van der Waals surface area (Å²) in [6.45, 7) is 2.17. The van der Waals surface area contributed by atoms with Crippen molar-refractivity contribution in [1.82, 2.24) is 0 Å². The molecule has 0 aliphatic rings. The third kappa shape index (κ3) is 6.46. The molecule has 0 amide bonds. The van der Waals surface area contributed by atoms with Gasteiger partial charge in [-0.05, 0) is 43.5 Å². The van der Waals surface area contributed by atoms with E-state index in [1.54, 1.807) is 36.4 Å². The molecule has 2 rings (SSSR count). The lowest BCUT2D eigenvalue weighted by atomic mass is 10.1. The van der Waals surface area contributed by atoms with Gasteiger partial charge in [0.1, 0.15) is 0 Å². The second-order valence-corrected chi connectivity index (χ2v) is 7.79. The van der Waals surface area contributed by atoms with E-state index in [9.17, 15) is 13.2 Å². The maximum atomic E-state index is 12.6. The highest BCUT2D eigenvalue weighted by Gasteiger charge is 2.15. The van der Waals surface area contributed by atoms with E-state index in [4.69, 9.17) is 11.2 Å². The van der Waals surface area contributed by atoms with Crippen molar-refractivity contribution in [3.8, 4) is 12.3 Å². The second kappa shape index (κ2) is 9.79. The quantitative estimate of drug-likeness (QED) is 0.406. The van der Waals surface area contributed by atoms with E-state index < -0.39 is 10.0 Å². The highest BCUT2D eigenvalue weighted by atomic mass is 32.2. The van der Waals surface area contributed by atoms with Gasteiger partial charge in [0.15, 0.2) is 0 Å². The molecule has 2 aromatic carbocycles. The molecule has 0 heterocycles. The van der Waals surface area contributed by atoms with Crippen LogP contribution in [0.1, 0.15) is 30.4 Å². The Bertz CT molecular complexity index is 912. The van der Waals surface area contributed by atoms with Gasteiger partial charge in [0.05, 0.1) is 23.6 Å². The molecular formula is C21H23NO4S. The molecule has 0 aliphatic carbocycles. The first-order valence-electron chi connectivity index (χ1n) is 8.69. The van der Waals surface area contributed by atoms with Gasteiger partial charge in [-0.25, -0.2) is 8.42 Å². The SMILES string of the molecule is C#CCCC(=O)OCCCc1ccccc1NS(=O)(=O)c1ccc(C)cc1. The predicted octanol–water partition coefficient (Wildman–Crippen LogP) is 3.69. The van der Waals surface area contributed by atoms with Gasteiger partial charge in [0.2, 0.25) is 0 Å². The van der Waals surface area contributed by atoms with E-state index in [1.807, 2.05) is 19.1 Å². The van der Waals surface area contributed by atoms with Crippen molar-refractivity contribution in [2.24, 2.45) is 0 Å². The molecule has 0 aromatic heterocycles. The van der Waals surface area contributed by atoms with Crippen LogP contribution in [0.4, 0.5) is 5.69 Å². The van der Waals surface area contributed by atoms with Gasteiger partial charge >= 0.3 is 5.97 Å². The van der Waals surface area contributed by atoms with Gasteiger partial charge in [-0.3, -0.25) is 9.52 Å². The van der Waals surface area contributed by atoms with Crippen molar-refractivity contribution in [3.05, 3.63) is 59.7 Å². The number of carbonyl (C=O) groups excluding carboxylic acids is 1. The number of terminal acetylenes is 1. The molecule has 1 N–H and O–H groups in total. The van der Waals surface area contributed by atoms with Gasteiger partial charge in [-0.1, -0.05) is 35.9 Å². The lowest BCUT2D eigenvalue weighted by molar-refractivity contribution is -0.143. The van der Waals surface area contributed by atoms with E-state index in [2.05, 4.69) is 10.6 Å². The Morgan fingerprint density at radius 1 is 1.15 bits per heavy atom. The van der Waals surface area contributed by atoms with Crippen LogP contribution in [0.2, 0.25) is 0 Å². The molecule has 0 radical (unpaired) electrons. The zero-order valence-electron chi connectivity index (χ0n) is 15.3. The Hall–Kier alpha value is -2.78. The lowest BCUT2D eigenvalue weighted by Crippen LogP contribution is -2.14. The minimum absolute atomic E-state index is 0.212. The summed E-state index contributed by atoms with van der Waals surface area (Å²) < 4.78 is 32.9. The highest BCUT2D eigenvalue weighted by Crippen LogP contribution is 2.21. The fraction of sp³-hybridized carbons (Fsp3) is 0.286. The van der Waals surface area contributed by atoms with Crippen LogP contribution in [-0.4, -0.2) is 21.0 Å². The van der Waals surface area contributed by atoms with Crippen molar-refractivity contribution in [2.45, 2.75) is 37.5 Å². The molecule has 0 bridgehead atoms. The fourth-order valence-corrected chi connectivity index (χ4v) is 3.55. The van der Waals surface area contributed by atoms with Crippen molar-refractivity contribution < 1.29 is 17.9 Å². The molecule has 6 heteroatoms. The molecule has 27 heavy (non-hydrogen) atoms. The molecule has 0 atom stereocenters. The van der Waals surface area contributed by atoms with Crippen LogP contribution in [0.5, 0.6) is 0 Å².